The molecule has 0 unspecified atom stereocenters. The van der Waals surface area contributed by atoms with Crippen LogP contribution in [0.15, 0.2) is 54.6 Å². The zero-order valence-corrected chi connectivity index (χ0v) is 12.4. The van der Waals surface area contributed by atoms with Gasteiger partial charge in [-0.1, -0.05) is 50.2 Å². The minimum Gasteiger partial charge on any atom is -0.494 e. The van der Waals surface area contributed by atoms with Crippen LogP contribution < -0.4 is 4.74 Å². The fraction of sp³-hybridized carbons (Fsp3) is 0.278. The van der Waals surface area contributed by atoms with Gasteiger partial charge in [-0.3, -0.25) is 0 Å². The number of benzene rings is 2. The molecule has 0 fully saturated rings. The largest absolute Gasteiger partial charge is 0.494 e. The Balaban J connectivity index is 1.95. The Kier molecular flexibility index (Phi) is 4.63. The lowest BCUT2D eigenvalue weighted by atomic mass is 9.82. The van der Waals surface area contributed by atoms with Gasteiger partial charge in [0.25, 0.3) is 0 Å². The molecule has 0 radical (unpaired) electrons. The van der Waals surface area contributed by atoms with Crippen LogP contribution in [-0.4, -0.2) is 17.7 Å². The number of carbonyl (C=O) groups is 1. The minimum absolute atomic E-state index is 0.0195. The highest BCUT2D eigenvalue weighted by Gasteiger charge is 2.20. The number of ether oxygens (including phenoxy) is 1. The molecule has 3 heteroatoms. The summed E-state index contributed by atoms with van der Waals surface area (Å²) in [4.78, 5) is 10.9. The third-order valence-electron chi connectivity index (χ3n) is 3.63. The van der Waals surface area contributed by atoms with E-state index in [4.69, 9.17) is 9.84 Å². The van der Waals surface area contributed by atoms with Gasteiger partial charge in [-0.2, -0.15) is 0 Å². The van der Waals surface area contributed by atoms with E-state index in [0.29, 0.717) is 12.4 Å². The highest BCUT2D eigenvalue weighted by molar-refractivity contribution is 5.87. The van der Waals surface area contributed by atoms with E-state index in [1.807, 2.05) is 18.2 Å². The van der Waals surface area contributed by atoms with Crippen molar-refractivity contribution in [1.29, 1.82) is 0 Å². The van der Waals surface area contributed by atoms with Crippen molar-refractivity contribution in [3.05, 3.63) is 65.7 Å². The fourth-order valence-corrected chi connectivity index (χ4v) is 2.18. The van der Waals surface area contributed by atoms with Gasteiger partial charge in [-0.15, -0.1) is 0 Å². The van der Waals surface area contributed by atoms with Gasteiger partial charge in [-0.05, 0) is 35.6 Å². The predicted molar refractivity (Wildman–Crippen MR) is 83.0 cm³/mol. The number of hydrogen-bond acceptors (Lipinski definition) is 2. The van der Waals surface area contributed by atoms with Crippen LogP contribution in [0.25, 0.3) is 0 Å². The second-order valence-corrected chi connectivity index (χ2v) is 5.68. The van der Waals surface area contributed by atoms with Crippen molar-refractivity contribution in [2.24, 2.45) is 0 Å². The molecule has 0 atom stereocenters. The van der Waals surface area contributed by atoms with Gasteiger partial charge >= 0.3 is 5.97 Å². The Bertz CT molecular complexity index is 603. The molecular weight excluding hydrogens is 264 g/mol. The van der Waals surface area contributed by atoms with E-state index in [2.05, 4.69) is 26.0 Å². The molecule has 0 aliphatic carbocycles. The highest BCUT2D eigenvalue weighted by atomic mass is 16.5. The van der Waals surface area contributed by atoms with Crippen molar-refractivity contribution >= 4 is 5.97 Å². The standard InChI is InChI=1S/C18H20O3/c1-18(2,15-8-4-3-5-9-15)11-12-21-16-10-6-7-14(13-16)17(19)20/h3-10,13H,11-12H2,1-2H3,(H,19,20). The van der Waals surface area contributed by atoms with Crippen LogP contribution in [0, 0.1) is 0 Å². The first-order chi connectivity index (χ1) is 9.99. The molecule has 2 rings (SSSR count). The molecule has 0 aromatic heterocycles. The average molecular weight is 284 g/mol. The van der Waals surface area contributed by atoms with E-state index in [1.165, 1.54) is 5.56 Å². The summed E-state index contributed by atoms with van der Waals surface area (Å²) in [7, 11) is 0. The third-order valence-corrected chi connectivity index (χ3v) is 3.63. The highest BCUT2D eigenvalue weighted by Crippen LogP contribution is 2.27. The second-order valence-electron chi connectivity index (χ2n) is 5.68. The molecular formula is C18H20O3. The first-order valence-corrected chi connectivity index (χ1v) is 7.01. The predicted octanol–water partition coefficient (Wildman–Crippen LogP) is 4.13. The summed E-state index contributed by atoms with van der Waals surface area (Å²) >= 11 is 0. The first kappa shape index (κ1) is 15.1. The summed E-state index contributed by atoms with van der Waals surface area (Å²) in [6, 6.07) is 16.9. The molecule has 0 saturated carbocycles. The van der Waals surface area contributed by atoms with Crippen LogP contribution in [0.5, 0.6) is 5.75 Å². The lowest BCUT2D eigenvalue weighted by molar-refractivity contribution is 0.0696. The summed E-state index contributed by atoms with van der Waals surface area (Å²) in [6.07, 6.45) is 0.855. The third kappa shape index (κ3) is 4.09. The summed E-state index contributed by atoms with van der Waals surface area (Å²) in [5.41, 5.74) is 1.54. The monoisotopic (exact) mass is 284 g/mol. The first-order valence-electron chi connectivity index (χ1n) is 7.01. The van der Waals surface area contributed by atoms with E-state index in [0.717, 1.165) is 6.42 Å². The lowest BCUT2D eigenvalue weighted by Gasteiger charge is -2.25. The Labute approximate surface area is 125 Å². The Morgan fingerprint density at radius 2 is 1.81 bits per heavy atom. The van der Waals surface area contributed by atoms with E-state index in [-0.39, 0.29) is 11.0 Å². The van der Waals surface area contributed by atoms with Gasteiger partial charge in [0.1, 0.15) is 5.75 Å². The van der Waals surface area contributed by atoms with Crippen LogP contribution >= 0.6 is 0 Å². The van der Waals surface area contributed by atoms with E-state index in [9.17, 15) is 4.79 Å². The molecule has 3 nitrogen and oxygen atoms in total. The molecule has 0 aliphatic heterocycles. The molecule has 2 aromatic rings. The number of carboxylic acids is 1. The maximum atomic E-state index is 10.9. The number of carboxylic acid groups (broad SMARTS) is 1. The van der Waals surface area contributed by atoms with Crippen molar-refractivity contribution in [1.82, 2.24) is 0 Å². The zero-order chi connectivity index (χ0) is 15.3. The SMILES string of the molecule is CC(C)(CCOc1cccc(C(=O)O)c1)c1ccccc1. The van der Waals surface area contributed by atoms with Crippen LogP contribution in [0.3, 0.4) is 0 Å². The summed E-state index contributed by atoms with van der Waals surface area (Å²) in [6.45, 7) is 4.91. The maximum absolute atomic E-state index is 10.9. The van der Waals surface area contributed by atoms with Crippen LogP contribution in [0.1, 0.15) is 36.2 Å². The fourth-order valence-electron chi connectivity index (χ4n) is 2.18. The molecule has 0 aliphatic rings. The van der Waals surface area contributed by atoms with Gasteiger partial charge in [0.15, 0.2) is 0 Å². The van der Waals surface area contributed by atoms with Gasteiger partial charge in [0, 0.05) is 0 Å². The van der Waals surface area contributed by atoms with Crippen molar-refractivity contribution in [3.8, 4) is 5.75 Å². The topological polar surface area (TPSA) is 46.5 Å². The second kappa shape index (κ2) is 6.44. The number of rotatable bonds is 6. The van der Waals surface area contributed by atoms with Crippen molar-refractivity contribution in [2.45, 2.75) is 25.7 Å². The van der Waals surface area contributed by atoms with Crippen molar-refractivity contribution in [3.63, 3.8) is 0 Å². The van der Waals surface area contributed by atoms with E-state index >= 15 is 0 Å². The summed E-state index contributed by atoms with van der Waals surface area (Å²) in [5.74, 6) is -0.344. The van der Waals surface area contributed by atoms with Crippen molar-refractivity contribution < 1.29 is 14.6 Å². The van der Waals surface area contributed by atoms with E-state index in [1.54, 1.807) is 24.3 Å². The van der Waals surface area contributed by atoms with Crippen LogP contribution in [0.4, 0.5) is 0 Å². The molecule has 0 amide bonds. The normalized spacial score (nSPS) is 11.1. The van der Waals surface area contributed by atoms with E-state index < -0.39 is 5.97 Å². The molecule has 0 spiro atoms. The quantitative estimate of drug-likeness (QED) is 0.867. The van der Waals surface area contributed by atoms with Crippen LogP contribution in [-0.2, 0) is 5.41 Å². The summed E-state index contributed by atoms with van der Waals surface area (Å²) < 4.78 is 5.69. The van der Waals surface area contributed by atoms with Gasteiger partial charge in [-0.25, -0.2) is 4.79 Å². The van der Waals surface area contributed by atoms with Gasteiger partial charge in [0.2, 0.25) is 0 Å². The average Bonchev–Trinajstić information content (AvgIpc) is 2.48. The molecule has 0 heterocycles. The minimum atomic E-state index is -0.940. The zero-order valence-electron chi connectivity index (χ0n) is 12.4. The molecule has 1 N–H and O–H groups in total. The Morgan fingerprint density at radius 1 is 1.10 bits per heavy atom. The molecule has 21 heavy (non-hydrogen) atoms. The maximum Gasteiger partial charge on any atom is 0.335 e. The Hall–Kier alpha value is -2.29. The lowest BCUT2D eigenvalue weighted by Crippen LogP contribution is -2.20. The molecule has 110 valence electrons. The van der Waals surface area contributed by atoms with Crippen molar-refractivity contribution in [2.75, 3.05) is 6.61 Å². The van der Waals surface area contributed by atoms with Gasteiger partial charge in [0.05, 0.1) is 12.2 Å². The Morgan fingerprint density at radius 3 is 2.48 bits per heavy atom. The van der Waals surface area contributed by atoms with Crippen LogP contribution in [0.2, 0.25) is 0 Å². The van der Waals surface area contributed by atoms with Gasteiger partial charge < -0.3 is 9.84 Å². The smallest absolute Gasteiger partial charge is 0.335 e. The number of aromatic carboxylic acids is 1. The molecule has 0 saturated heterocycles. The number of hydrogen-bond donors (Lipinski definition) is 1. The summed E-state index contributed by atoms with van der Waals surface area (Å²) in [5, 5.41) is 8.96. The molecule has 2 aromatic carbocycles. The molecule has 0 bridgehead atoms.